The van der Waals surface area contributed by atoms with Crippen LogP contribution in [0.15, 0.2) is 3.92 Å². The Bertz CT molecular complexity index is 1120. The van der Waals surface area contributed by atoms with Crippen molar-refractivity contribution in [2.45, 2.75) is 13.8 Å². The Balaban J connectivity index is 0.000000159. The number of nitrogens with zero attached hydrogens (tertiary/aromatic N) is 11. The Morgan fingerprint density at radius 1 is 0.683 bits per heavy atom. The van der Waals surface area contributed by atoms with Crippen molar-refractivity contribution in [3.8, 4) is 0 Å². The molecule has 4 aliphatic heterocycles. The van der Waals surface area contributed by atoms with Crippen LogP contribution in [0.5, 0.6) is 0 Å². The van der Waals surface area contributed by atoms with E-state index in [0.29, 0.717) is 11.7 Å². The fourth-order valence-corrected chi connectivity index (χ4v) is 6.73. The zero-order chi connectivity index (χ0) is 29.4. The number of hydrogen-bond acceptors (Lipinski definition) is 12. The quantitative estimate of drug-likeness (QED) is 0.502. The second kappa shape index (κ2) is 15.2. The third-order valence-electron chi connectivity index (χ3n) is 7.49. The van der Waals surface area contributed by atoms with Gasteiger partial charge in [0.05, 0.1) is 0 Å². The summed E-state index contributed by atoms with van der Waals surface area (Å²) < 4.78 is 0.866. The Labute approximate surface area is 258 Å². The predicted octanol–water partition coefficient (Wildman–Crippen LogP) is 1.64. The van der Waals surface area contributed by atoms with Crippen LogP contribution in [0.25, 0.3) is 0 Å². The Hall–Kier alpha value is -2.34. The first-order valence-electron chi connectivity index (χ1n) is 14.1. The van der Waals surface area contributed by atoms with E-state index < -0.39 is 0 Å². The van der Waals surface area contributed by atoms with Gasteiger partial charge in [-0.05, 0) is 29.0 Å². The van der Waals surface area contributed by atoms with E-state index in [1.54, 1.807) is 33.1 Å². The zero-order valence-corrected chi connectivity index (χ0v) is 27.5. The molecule has 0 saturated carbocycles. The van der Waals surface area contributed by atoms with Gasteiger partial charge in [-0.1, -0.05) is 36.5 Å². The van der Waals surface area contributed by atoms with E-state index in [1.807, 2.05) is 7.05 Å². The number of rotatable bonds is 5. The summed E-state index contributed by atoms with van der Waals surface area (Å²) in [5.41, 5.74) is 0. The summed E-state index contributed by atoms with van der Waals surface area (Å²) in [5.74, 6) is 0. The molecule has 4 saturated heterocycles. The smallest absolute Gasteiger partial charge is 0.326 e. The van der Waals surface area contributed by atoms with Gasteiger partial charge in [0.25, 0.3) is 0 Å². The number of urea groups is 2. The third-order valence-corrected chi connectivity index (χ3v) is 9.91. The predicted molar refractivity (Wildman–Crippen MR) is 168 cm³/mol. The largest absolute Gasteiger partial charge is 0.344 e. The first-order chi connectivity index (χ1) is 19.8. The number of anilines is 3. The maximum absolute atomic E-state index is 11.9. The number of carbonyl (C=O) groups is 2. The van der Waals surface area contributed by atoms with Crippen LogP contribution in [0, 0.1) is 0 Å². The summed E-state index contributed by atoms with van der Waals surface area (Å²) in [7, 11) is 3.59. The summed E-state index contributed by atoms with van der Waals surface area (Å²) in [4.78, 5) is 36.8. The van der Waals surface area contributed by atoms with E-state index in [4.69, 9.17) is 0 Å². The molecule has 0 unspecified atom stereocenters. The molecule has 6 heterocycles. The number of hydrogen-bond donors (Lipinski definition) is 1. The van der Waals surface area contributed by atoms with Crippen LogP contribution in [0.1, 0.15) is 13.8 Å². The minimum atomic E-state index is 0.0171. The molecule has 2 aromatic rings. The van der Waals surface area contributed by atoms with Gasteiger partial charge in [-0.25, -0.2) is 9.59 Å². The highest BCUT2D eigenvalue weighted by molar-refractivity contribution is 9.11. The van der Waals surface area contributed by atoms with Crippen LogP contribution in [-0.4, -0.2) is 158 Å². The molecule has 1 N–H and O–H groups in total. The van der Waals surface area contributed by atoms with Gasteiger partial charge in [0.15, 0.2) is 3.92 Å². The Kier molecular flexibility index (Phi) is 11.7. The maximum atomic E-state index is 11.9. The Morgan fingerprint density at radius 3 is 1.61 bits per heavy atom. The van der Waals surface area contributed by atoms with Gasteiger partial charge in [0.2, 0.25) is 15.4 Å². The van der Waals surface area contributed by atoms with Crippen molar-refractivity contribution < 1.29 is 9.59 Å². The molecule has 4 fully saturated rings. The van der Waals surface area contributed by atoms with Crippen LogP contribution >= 0.6 is 38.6 Å². The highest BCUT2D eigenvalue weighted by Crippen LogP contribution is 2.29. The lowest BCUT2D eigenvalue weighted by Crippen LogP contribution is -2.46. The fourth-order valence-electron chi connectivity index (χ4n) is 4.67. The fraction of sp³-hybridized carbons (Fsp3) is 0.750. The van der Waals surface area contributed by atoms with Crippen LogP contribution in [0.4, 0.5) is 25.0 Å². The SMILES string of the molecule is CCN1CCN(c2nnc(Br)s2)CC1.CCN1CCN(c2nnc(N3CCN(C)C3=O)s2)CC1.CN1CCNC1=O. The van der Waals surface area contributed by atoms with E-state index in [2.05, 4.69) is 75.1 Å². The minimum absolute atomic E-state index is 0.0171. The molecule has 17 heteroatoms. The zero-order valence-electron chi connectivity index (χ0n) is 24.3. The van der Waals surface area contributed by atoms with Crippen molar-refractivity contribution in [1.29, 1.82) is 0 Å². The third kappa shape index (κ3) is 8.59. The molecule has 14 nitrogen and oxygen atoms in total. The number of piperazine rings is 2. The molecule has 0 radical (unpaired) electrons. The molecule has 2 aromatic heterocycles. The van der Waals surface area contributed by atoms with E-state index >= 15 is 0 Å². The lowest BCUT2D eigenvalue weighted by atomic mass is 10.3. The summed E-state index contributed by atoms with van der Waals surface area (Å²) >= 11 is 6.45. The molecular formula is C24H41BrN12O2S2. The number of aromatic nitrogens is 4. The van der Waals surface area contributed by atoms with Gasteiger partial charge in [0.1, 0.15) is 0 Å². The first-order valence-corrected chi connectivity index (χ1v) is 16.5. The van der Waals surface area contributed by atoms with E-state index in [0.717, 1.165) is 99.3 Å². The highest BCUT2D eigenvalue weighted by Gasteiger charge is 2.30. The van der Waals surface area contributed by atoms with Crippen molar-refractivity contribution >= 4 is 66.1 Å². The molecular weight excluding hydrogens is 632 g/mol. The number of nitrogens with one attached hydrogen (secondary N) is 1. The van der Waals surface area contributed by atoms with Crippen molar-refractivity contribution in [2.24, 2.45) is 0 Å². The molecule has 41 heavy (non-hydrogen) atoms. The van der Waals surface area contributed by atoms with E-state index in [9.17, 15) is 9.59 Å². The first kappa shape index (κ1) is 31.6. The Morgan fingerprint density at radius 2 is 1.22 bits per heavy atom. The topological polar surface area (TPSA) is 120 Å². The normalized spacial score (nSPS) is 20.2. The molecule has 0 aliphatic carbocycles. The second-order valence-electron chi connectivity index (χ2n) is 10.1. The summed E-state index contributed by atoms with van der Waals surface area (Å²) in [6, 6.07) is 0.0588. The van der Waals surface area contributed by atoms with Crippen LogP contribution in [0.3, 0.4) is 0 Å². The van der Waals surface area contributed by atoms with Gasteiger partial charge in [-0.15, -0.1) is 20.4 Å². The van der Waals surface area contributed by atoms with Gasteiger partial charge in [-0.3, -0.25) is 4.90 Å². The second-order valence-corrected chi connectivity index (χ2v) is 13.2. The molecule has 6 rings (SSSR count). The number of halogens is 1. The number of likely N-dealkylation sites (N-methyl/N-ethyl adjacent to an activating group) is 4. The molecule has 0 spiro atoms. The van der Waals surface area contributed by atoms with Gasteiger partial charge < -0.3 is 34.7 Å². The van der Waals surface area contributed by atoms with Crippen molar-refractivity contribution in [1.82, 2.24) is 45.3 Å². The lowest BCUT2D eigenvalue weighted by molar-refractivity contribution is 0.225. The molecule has 0 bridgehead atoms. The minimum Gasteiger partial charge on any atom is -0.344 e. The van der Waals surface area contributed by atoms with Crippen molar-refractivity contribution in [2.75, 3.05) is 120 Å². The average molecular weight is 674 g/mol. The summed E-state index contributed by atoms with van der Waals surface area (Å²) in [5, 5.41) is 21.9. The standard InChI is InChI=1S/C12H20N6OS.C8H13BrN4S.C4H8N2O/c1-3-16-5-7-17(8-6-16)10-13-14-11(20-10)18-9-4-15(2)12(18)19;1-2-12-3-5-13(6-4-12)8-11-10-7(9)14-8;1-6-3-2-5-4(6)7/h3-9H2,1-2H3;2-6H2,1H3;2-3H2,1H3,(H,5,7). The average Bonchev–Trinajstić information content (AvgIpc) is 3.80. The molecule has 4 aliphatic rings. The molecule has 0 aromatic carbocycles. The van der Waals surface area contributed by atoms with Gasteiger partial charge in [0, 0.05) is 92.6 Å². The van der Waals surface area contributed by atoms with Crippen LogP contribution < -0.4 is 20.0 Å². The maximum Gasteiger partial charge on any atom is 0.326 e. The molecule has 0 atom stereocenters. The monoisotopic (exact) mass is 672 g/mol. The van der Waals surface area contributed by atoms with Crippen LogP contribution in [0.2, 0.25) is 0 Å². The highest BCUT2D eigenvalue weighted by atomic mass is 79.9. The van der Waals surface area contributed by atoms with E-state index in [1.165, 1.54) is 11.3 Å². The van der Waals surface area contributed by atoms with Crippen molar-refractivity contribution in [3.63, 3.8) is 0 Å². The van der Waals surface area contributed by atoms with Crippen LogP contribution in [-0.2, 0) is 0 Å². The molecule has 228 valence electrons. The number of amides is 4. The summed E-state index contributed by atoms with van der Waals surface area (Å²) in [6.45, 7) is 18.2. The summed E-state index contributed by atoms with van der Waals surface area (Å²) in [6.07, 6.45) is 0. The van der Waals surface area contributed by atoms with Gasteiger partial charge in [-0.2, -0.15) is 0 Å². The molecule has 4 amide bonds. The van der Waals surface area contributed by atoms with Gasteiger partial charge >= 0.3 is 12.1 Å². The number of carbonyl (C=O) groups excluding carboxylic acids is 2. The van der Waals surface area contributed by atoms with E-state index in [-0.39, 0.29) is 12.1 Å². The lowest BCUT2D eigenvalue weighted by Gasteiger charge is -2.33. The van der Waals surface area contributed by atoms with Crippen molar-refractivity contribution in [3.05, 3.63) is 3.92 Å².